The summed E-state index contributed by atoms with van der Waals surface area (Å²) in [6.45, 7) is 0.529. The highest BCUT2D eigenvalue weighted by Crippen LogP contribution is 2.33. The lowest BCUT2D eigenvalue weighted by Gasteiger charge is -2.12. The number of carbonyl (C=O) groups excluding carboxylic acids is 2. The van der Waals surface area contributed by atoms with Gasteiger partial charge in [-0.1, -0.05) is 30.3 Å². The molecule has 4 nitrogen and oxygen atoms in total. The molecule has 0 unspecified atom stereocenters. The molecule has 1 atom stereocenters. The Morgan fingerprint density at radius 1 is 0.931 bits per heavy atom. The number of fused-ring (bicyclic) bond motifs is 1. The number of anilines is 1. The van der Waals surface area contributed by atoms with E-state index < -0.39 is 17.7 Å². The van der Waals surface area contributed by atoms with Crippen LogP contribution in [0.15, 0.2) is 66.7 Å². The Kier molecular flexibility index (Phi) is 4.74. The van der Waals surface area contributed by atoms with Crippen molar-refractivity contribution in [3.8, 4) is 0 Å². The molecule has 2 heterocycles. The second-order valence-corrected chi connectivity index (χ2v) is 6.90. The zero-order chi connectivity index (χ0) is 20.6. The molecule has 148 valence electrons. The number of hydrogen-bond acceptors (Lipinski definition) is 2. The lowest BCUT2D eigenvalue weighted by atomic mass is 10.0. The fraction of sp³-hybridized carbons (Fsp3) is 0.182. The van der Waals surface area contributed by atoms with E-state index in [2.05, 4.69) is 5.32 Å². The highest BCUT2D eigenvalue weighted by molar-refractivity contribution is 6.08. The molecule has 7 heteroatoms. The molecule has 29 heavy (non-hydrogen) atoms. The predicted octanol–water partition coefficient (Wildman–Crippen LogP) is 4.86. The van der Waals surface area contributed by atoms with Crippen LogP contribution in [0.2, 0.25) is 0 Å². The van der Waals surface area contributed by atoms with Crippen LogP contribution >= 0.6 is 0 Å². The molecule has 0 spiro atoms. The maximum Gasteiger partial charge on any atom is 0.416 e. The van der Waals surface area contributed by atoms with Crippen LogP contribution in [-0.4, -0.2) is 16.3 Å². The molecule has 1 amide bonds. The van der Waals surface area contributed by atoms with E-state index in [9.17, 15) is 22.8 Å². The monoisotopic (exact) mass is 398 g/mol. The van der Waals surface area contributed by atoms with Crippen LogP contribution in [0.1, 0.15) is 39.6 Å². The van der Waals surface area contributed by atoms with Crippen molar-refractivity contribution < 1.29 is 22.8 Å². The minimum Gasteiger partial charge on any atom is -0.341 e. The highest BCUT2D eigenvalue weighted by Gasteiger charge is 2.33. The van der Waals surface area contributed by atoms with Crippen molar-refractivity contribution in [2.24, 2.45) is 0 Å². The predicted molar refractivity (Wildman–Crippen MR) is 102 cm³/mol. The van der Waals surface area contributed by atoms with Crippen LogP contribution in [0.4, 0.5) is 18.9 Å². The van der Waals surface area contributed by atoms with Crippen LogP contribution in [0.25, 0.3) is 0 Å². The highest BCUT2D eigenvalue weighted by atomic mass is 19.4. The summed E-state index contributed by atoms with van der Waals surface area (Å²) in [5, 5.41) is 2.67. The van der Waals surface area contributed by atoms with Gasteiger partial charge in [-0.05, 0) is 42.8 Å². The average molecular weight is 398 g/mol. The summed E-state index contributed by atoms with van der Waals surface area (Å²) in [4.78, 5) is 25.4. The number of ketones is 1. The molecule has 0 saturated carbocycles. The van der Waals surface area contributed by atoms with Crippen LogP contribution < -0.4 is 5.32 Å². The quantitative estimate of drug-likeness (QED) is 0.638. The van der Waals surface area contributed by atoms with Crippen molar-refractivity contribution >= 4 is 17.4 Å². The van der Waals surface area contributed by atoms with Crippen LogP contribution in [0.3, 0.4) is 0 Å². The van der Waals surface area contributed by atoms with Crippen LogP contribution in [-0.2, 0) is 17.5 Å². The first-order valence-electron chi connectivity index (χ1n) is 9.12. The topological polar surface area (TPSA) is 51.1 Å². The summed E-state index contributed by atoms with van der Waals surface area (Å²) in [5.41, 5.74) is 1.36. The zero-order valence-corrected chi connectivity index (χ0v) is 15.2. The number of aromatic nitrogens is 1. The number of hydrogen-bond donors (Lipinski definition) is 1. The molecule has 0 radical (unpaired) electrons. The third-order valence-electron chi connectivity index (χ3n) is 5.08. The largest absolute Gasteiger partial charge is 0.416 e. The third-order valence-corrected chi connectivity index (χ3v) is 5.08. The fourth-order valence-corrected chi connectivity index (χ4v) is 3.62. The summed E-state index contributed by atoms with van der Waals surface area (Å²) in [7, 11) is 0. The van der Waals surface area contributed by atoms with Crippen molar-refractivity contribution in [2.45, 2.75) is 25.1 Å². The SMILES string of the molecule is O=C(c1ccccc1)c1ccc2n1CC[C@@H]2C(=O)Nc1ccc(C(F)(F)F)cc1. The standard InChI is InChI=1S/C22H17F3N2O2/c23-22(24,25)15-6-8-16(9-7-15)26-21(29)17-12-13-27-18(17)10-11-19(27)20(28)14-4-2-1-3-5-14/h1-11,17H,12-13H2,(H,26,29)/t17-/m0/s1. The van der Waals surface area contributed by atoms with Crippen molar-refractivity contribution in [3.05, 3.63) is 89.2 Å². The van der Waals surface area contributed by atoms with E-state index in [4.69, 9.17) is 0 Å². The van der Waals surface area contributed by atoms with Gasteiger partial charge in [0.05, 0.1) is 17.2 Å². The van der Waals surface area contributed by atoms with E-state index in [1.54, 1.807) is 36.4 Å². The molecule has 1 aliphatic heterocycles. The number of nitrogens with one attached hydrogen (secondary N) is 1. The van der Waals surface area contributed by atoms with Crippen molar-refractivity contribution in [1.29, 1.82) is 0 Å². The Labute approximate surface area is 165 Å². The van der Waals surface area contributed by atoms with Gasteiger partial charge in [-0.2, -0.15) is 13.2 Å². The van der Waals surface area contributed by atoms with E-state index in [0.29, 0.717) is 29.9 Å². The Bertz CT molecular complexity index is 1050. The lowest BCUT2D eigenvalue weighted by Crippen LogP contribution is -2.19. The number of carbonyl (C=O) groups is 2. The van der Waals surface area contributed by atoms with Gasteiger partial charge in [-0.3, -0.25) is 9.59 Å². The molecule has 4 rings (SSSR count). The van der Waals surface area contributed by atoms with Gasteiger partial charge in [0, 0.05) is 23.5 Å². The van der Waals surface area contributed by atoms with Crippen molar-refractivity contribution in [1.82, 2.24) is 4.57 Å². The summed E-state index contributed by atoms with van der Waals surface area (Å²) >= 11 is 0. The number of halogens is 3. The van der Waals surface area contributed by atoms with Crippen LogP contribution in [0.5, 0.6) is 0 Å². The number of benzene rings is 2. The van der Waals surface area contributed by atoms with E-state index in [0.717, 1.165) is 17.8 Å². The maximum absolute atomic E-state index is 12.7. The second-order valence-electron chi connectivity index (χ2n) is 6.90. The molecule has 1 N–H and O–H groups in total. The average Bonchev–Trinajstić information content (AvgIpc) is 3.30. The van der Waals surface area contributed by atoms with E-state index >= 15 is 0 Å². The van der Waals surface area contributed by atoms with Gasteiger partial charge in [-0.25, -0.2) is 0 Å². The Hall–Kier alpha value is -3.35. The van der Waals surface area contributed by atoms with E-state index in [1.165, 1.54) is 12.1 Å². The van der Waals surface area contributed by atoms with Gasteiger partial charge < -0.3 is 9.88 Å². The Morgan fingerprint density at radius 3 is 2.28 bits per heavy atom. The smallest absolute Gasteiger partial charge is 0.341 e. The Balaban J connectivity index is 1.51. The first-order chi connectivity index (χ1) is 13.8. The first kappa shape index (κ1) is 19.0. The summed E-state index contributed by atoms with van der Waals surface area (Å²) < 4.78 is 39.8. The summed E-state index contributed by atoms with van der Waals surface area (Å²) in [6, 6.07) is 16.7. The number of alkyl halides is 3. The van der Waals surface area contributed by atoms with Gasteiger partial charge >= 0.3 is 6.18 Å². The molecule has 0 fully saturated rings. The molecule has 2 aromatic carbocycles. The number of nitrogens with zero attached hydrogens (tertiary/aromatic N) is 1. The third kappa shape index (κ3) is 3.68. The molecular weight excluding hydrogens is 381 g/mol. The zero-order valence-electron chi connectivity index (χ0n) is 15.2. The first-order valence-corrected chi connectivity index (χ1v) is 9.12. The van der Waals surface area contributed by atoms with Crippen molar-refractivity contribution in [2.75, 3.05) is 5.32 Å². The molecule has 0 bridgehead atoms. The Morgan fingerprint density at radius 2 is 1.62 bits per heavy atom. The summed E-state index contributed by atoms with van der Waals surface area (Å²) in [6.07, 6.45) is -3.89. The molecule has 0 aliphatic carbocycles. The molecular formula is C22H17F3N2O2. The minimum absolute atomic E-state index is 0.111. The molecule has 3 aromatic rings. The van der Waals surface area contributed by atoms with Gasteiger partial charge in [0.1, 0.15) is 0 Å². The molecule has 1 aromatic heterocycles. The van der Waals surface area contributed by atoms with Crippen molar-refractivity contribution in [3.63, 3.8) is 0 Å². The second kappa shape index (κ2) is 7.24. The number of amides is 1. The van der Waals surface area contributed by atoms with Gasteiger partial charge in [0.15, 0.2) is 0 Å². The molecule has 1 aliphatic rings. The molecule has 0 saturated heterocycles. The minimum atomic E-state index is -4.42. The van der Waals surface area contributed by atoms with Gasteiger partial charge in [-0.15, -0.1) is 0 Å². The van der Waals surface area contributed by atoms with E-state index in [1.807, 2.05) is 10.6 Å². The van der Waals surface area contributed by atoms with Gasteiger partial charge in [0.2, 0.25) is 11.7 Å². The fourth-order valence-electron chi connectivity index (χ4n) is 3.62. The lowest BCUT2D eigenvalue weighted by molar-refractivity contribution is -0.137. The van der Waals surface area contributed by atoms with Crippen LogP contribution in [0, 0.1) is 0 Å². The normalized spacial score (nSPS) is 15.8. The van der Waals surface area contributed by atoms with E-state index in [-0.39, 0.29) is 11.7 Å². The number of rotatable bonds is 4. The van der Waals surface area contributed by atoms with Gasteiger partial charge in [0.25, 0.3) is 0 Å². The maximum atomic E-state index is 12.7. The summed E-state index contributed by atoms with van der Waals surface area (Å²) in [5.74, 6) is -0.879.